The van der Waals surface area contributed by atoms with E-state index >= 15 is 0 Å². The van der Waals surface area contributed by atoms with Crippen LogP contribution in [0.3, 0.4) is 0 Å². The third-order valence-corrected chi connectivity index (χ3v) is 3.96. The first-order chi connectivity index (χ1) is 10.9. The van der Waals surface area contributed by atoms with Gasteiger partial charge in [-0.2, -0.15) is 0 Å². The lowest BCUT2D eigenvalue weighted by Gasteiger charge is -2.31. The number of halogens is 1. The number of aldehydes is 2. The molecule has 25 heavy (non-hydrogen) atoms. The van der Waals surface area contributed by atoms with E-state index in [1.807, 2.05) is 20.8 Å². The first kappa shape index (κ1) is 26.1. The number of carbonyl (C=O) groups excluding carboxylic acids is 3. The van der Waals surface area contributed by atoms with Gasteiger partial charge < -0.3 is 24.5 Å². The van der Waals surface area contributed by atoms with Gasteiger partial charge in [0.2, 0.25) is 0 Å². The molecule has 0 unspecified atom stereocenters. The minimum absolute atomic E-state index is 0. The Hall–Kier alpha value is -1.14. The van der Waals surface area contributed by atoms with E-state index in [2.05, 4.69) is 5.32 Å². The molecule has 2 saturated heterocycles. The number of hydrogen-bond acceptors (Lipinski definition) is 5. The van der Waals surface area contributed by atoms with E-state index in [0.717, 1.165) is 51.3 Å². The van der Waals surface area contributed by atoms with E-state index in [0.29, 0.717) is 19.0 Å². The van der Waals surface area contributed by atoms with E-state index < -0.39 is 5.60 Å². The molecule has 0 aliphatic carbocycles. The lowest BCUT2D eigenvalue weighted by molar-refractivity contribution is -0.112. The van der Waals surface area contributed by atoms with Gasteiger partial charge in [0.25, 0.3) is 0 Å². The van der Waals surface area contributed by atoms with Crippen LogP contribution in [0.4, 0.5) is 4.79 Å². The number of nitrogens with zero attached hydrogens (tertiary/aromatic N) is 1. The van der Waals surface area contributed by atoms with Crippen LogP contribution in [0.2, 0.25) is 0 Å². The quantitative estimate of drug-likeness (QED) is 0.747. The molecule has 2 aliphatic rings. The molecule has 2 rings (SSSR count). The molecule has 2 aliphatic heterocycles. The molecule has 1 amide bonds. The van der Waals surface area contributed by atoms with Crippen LogP contribution in [0.1, 0.15) is 53.9 Å². The van der Waals surface area contributed by atoms with Gasteiger partial charge in [0.15, 0.2) is 0 Å². The Morgan fingerprint density at radius 1 is 1.00 bits per heavy atom. The van der Waals surface area contributed by atoms with Crippen molar-refractivity contribution in [2.45, 2.75) is 59.5 Å². The van der Waals surface area contributed by atoms with E-state index in [-0.39, 0.29) is 31.8 Å². The maximum Gasteiger partial charge on any atom is 0.410 e. The predicted molar refractivity (Wildman–Crippen MR) is 102 cm³/mol. The lowest BCUT2D eigenvalue weighted by Crippen LogP contribution is -2.41. The van der Waals surface area contributed by atoms with Gasteiger partial charge in [0.05, 0.1) is 0 Å². The molecule has 7 heteroatoms. The molecular formula is C18H35ClN2O4. The zero-order valence-corrected chi connectivity index (χ0v) is 15.8. The van der Waals surface area contributed by atoms with E-state index in [4.69, 9.17) is 4.74 Å². The zero-order valence-electron chi connectivity index (χ0n) is 15.0. The highest BCUT2D eigenvalue weighted by atomic mass is 35.5. The molecule has 0 aromatic carbocycles. The summed E-state index contributed by atoms with van der Waals surface area (Å²) in [7, 11) is 0. The molecule has 148 valence electrons. The average molecular weight is 379 g/mol. The Balaban J connectivity index is 0. The molecule has 0 aromatic heterocycles. The van der Waals surface area contributed by atoms with Gasteiger partial charge in [-0.1, -0.05) is 7.43 Å². The zero-order chi connectivity index (χ0) is 17.3. The standard InChI is InChI=1S/C11H19NO3.C6H11NO.CH4.ClH/c1-11(2,3)15-10(14)12-6-4-9(8-13)5-7-12;8-5-6-1-3-7-4-2-6;;/h8-9H,4-7H2,1-3H3;5-7H,1-4H2;1H4;1H. The minimum Gasteiger partial charge on any atom is -0.444 e. The van der Waals surface area contributed by atoms with E-state index in [9.17, 15) is 14.4 Å². The third-order valence-electron chi connectivity index (χ3n) is 3.96. The molecule has 0 radical (unpaired) electrons. The summed E-state index contributed by atoms with van der Waals surface area (Å²) in [5.41, 5.74) is -0.446. The number of hydrogen-bond donors (Lipinski definition) is 1. The highest BCUT2D eigenvalue weighted by Crippen LogP contribution is 2.17. The first-order valence-electron chi connectivity index (χ1n) is 8.45. The van der Waals surface area contributed by atoms with E-state index in [1.54, 1.807) is 4.90 Å². The largest absolute Gasteiger partial charge is 0.444 e. The highest BCUT2D eigenvalue weighted by Gasteiger charge is 2.26. The number of likely N-dealkylation sites (tertiary alicyclic amines) is 1. The molecule has 6 nitrogen and oxygen atoms in total. The fourth-order valence-corrected chi connectivity index (χ4v) is 2.52. The maximum absolute atomic E-state index is 11.6. The molecule has 0 spiro atoms. The van der Waals surface area contributed by atoms with Crippen molar-refractivity contribution < 1.29 is 19.1 Å². The number of amides is 1. The Bertz CT molecular complexity index is 385. The molecule has 0 bridgehead atoms. The Labute approximate surface area is 158 Å². The second-order valence-corrected chi connectivity index (χ2v) is 7.16. The van der Waals surface area contributed by atoms with Crippen LogP contribution < -0.4 is 5.32 Å². The fraction of sp³-hybridized carbons (Fsp3) is 0.833. The number of piperidine rings is 2. The average Bonchev–Trinajstić information content (AvgIpc) is 2.54. The molecular weight excluding hydrogens is 344 g/mol. The third kappa shape index (κ3) is 11.2. The van der Waals surface area contributed by atoms with Gasteiger partial charge in [-0.3, -0.25) is 0 Å². The van der Waals surface area contributed by atoms with Gasteiger partial charge in [-0.25, -0.2) is 4.79 Å². The van der Waals surface area contributed by atoms with Crippen LogP contribution in [0.5, 0.6) is 0 Å². The van der Waals surface area contributed by atoms with Gasteiger partial charge in [-0.15, -0.1) is 12.4 Å². The number of nitrogens with one attached hydrogen (secondary N) is 1. The molecule has 2 fully saturated rings. The van der Waals surface area contributed by atoms with Gasteiger partial charge >= 0.3 is 6.09 Å². The first-order valence-corrected chi connectivity index (χ1v) is 8.45. The van der Waals surface area contributed by atoms with Crippen LogP contribution in [0.15, 0.2) is 0 Å². The normalized spacial score (nSPS) is 18.6. The van der Waals surface area contributed by atoms with Crippen LogP contribution in [-0.4, -0.2) is 55.3 Å². The van der Waals surface area contributed by atoms with Crippen molar-refractivity contribution in [3.05, 3.63) is 0 Å². The Morgan fingerprint density at radius 2 is 1.44 bits per heavy atom. The Morgan fingerprint density at radius 3 is 1.80 bits per heavy atom. The monoisotopic (exact) mass is 378 g/mol. The molecule has 0 aromatic rings. The molecule has 2 heterocycles. The topological polar surface area (TPSA) is 75.7 Å². The lowest BCUT2D eigenvalue weighted by atomic mass is 9.99. The highest BCUT2D eigenvalue weighted by molar-refractivity contribution is 5.85. The smallest absolute Gasteiger partial charge is 0.410 e. The summed E-state index contributed by atoms with van der Waals surface area (Å²) in [6.07, 6.45) is 5.35. The maximum atomic E-state index is 11.6. The van der Waals surface area contributed by atoms with E-state index in [1.165, 1.54) is 0 Å². The van der Waals surface area contributed by atoms with Crippen molar-refractivity contribution >= 4 is 31.1 Å². The van der Waals surface area contributed by atoms with Crippen molar-refractivity contribution in [3.63, 3.8) is 0 Å². The van der Waals surface area contributed by atoms with Gasteiger partial charge in [0, 0.05) is 24.9 Å². The summed E-state index contributed by atoms with van der Waals surface area (Å²) >= 11 is 0. The number of carbonyl (C=O) groups is 3. The number of ether oxygens (including phenoxy) is 1. The second-order valence-electron chi connectivity index (χ2n) is 7.16. The fourth-order valence-electron chi connectivity index (χ4n) is 2.52. The minimum atomic E-state index is -0.446. The predicted octanol–water partition coefficient (Wildman–Crippen LogP) is 3.08. The summed E-state index contributed by atoms with van der Waals surface area (Å²) in [5, 5.41) is 3.19. The summed E-state index contributed by atoms with van der Waals surface area (Å²) in [6.45, 7) is 8.83. The summed E-state index contributed by atoms with van der Waals surface area (Å²) < 4.78 is 5.24. The number of rotatable bonds is 2. The van der Waals surface area contributed by atoms with Crippen LogP contribution in [-0.2, 0) is 14.3 Å². The van der Waals surface area contributed by atoms with Crippen molar-refractivity contribution in [2.24, 2.45) is 11.8 Å². The van der Waals surface area contributed by atoms with Crippen LogP contribution in [0.25, 0.3) is 0 Å². The SMILES string of the molecule is C.CC(C)(C)OC(=O)N1CCC(C=O)CC1.Cl.O=CC1CCNCC1. The van der Waals surface area contributed by atoms with Crippen molar-refractivity contribution in [1.29, 1.82) is 0 Å². The van der Waals surface area contributed by atoms with Crippen LogP contribution in [0, 0.1) is 11.8 Å². The van der Waals surface area contributed by atoms with Gasteiger partial charge in [-0.05, 0) is 59.5 Å². The molecule has 0 saturated carbocycles. The second kappa shape index (κ2) is 13.1. The van der Waals surface area contributed by atoms with Crippen LogP contribution >= 0.6 is 12.4 Å². The van der Waals surface area contributed by atoms with Crippen molar-refractivity contribution in [1.82, 2.24) is 10.2 Å². The van der Waals surface area contributed by atoms with Crippen molar-refractivity contribution in [3.8, 4) is 0 Å². The summed E-state index contributed by atoms with van der Waals surface area (Å²) in [5.74, 6) is 0.458. The summed E-state index contributed by atoms with van der Waals surface area (Å²) in [6, 6.07) is 0. The van der Waals surface area contributed by atoms with Gasteiger partial charge in [0.1, 0.15) is 18.2 Å². The summed E-state index contributed by atoms with van der Waals surface area (Å²) in [4.78, 5) is 34.0. The molecule has 1 N–H and O–H groups in total. The van der Waals surface area contributed by atoms with Crippen molar-refractivity contribution in [2.75, 3.05) is 26.2 Å². The molecule has 0 atom stereocenters. The Kier molecular flexibility index (Phi) is 13.7.